The second kappa shape index (κ2) is 11.3. The fourth-order valence-electron chi connectivity index (χ4n) is 3.06. The summed E-state index contributed by atoms with van der Waals surface area (Å²) in [6.07, 6.45) is -0.344. The third kappa shape index (κ3) is 6.23. The minimum absolute atomic E-state index is 0.190. The molecule has 7 nitrogen and oxygen atoms in total. The van der Waals surface area contributed by atoms with Crippen LogP contribution in [0.15, 0.2) is 18.2 Å². The number of carbonyl (C=O) groups is 3. The fraction of sp³-hybridized carbons (Fsp3) is 0.435. The van der Waals surface area contributed by atoms with Crippen LogP contribution in [0.2, 0.25) is 5.02 Å². The van der Waals surface area contributed by atoms with Gasteiger partial charge in [0.2, 0.25) is 0 Å². The minimum Gasteiger partial charge on any atom is -0.483 e. The highest BCUT2D eigenvalue weighted by atomic mass is 35.5. The second-order valence-electron chi connectivity index (χ2n) is 7.44. The number of nitrogens with one attached hydrogen (secondary N) is 1. The first-order valence-corrected chi connectivity index (χ1v) is 11.6. The molecule has 1 N–H and O–H groups in total. The van der Waals surface area contributed by atoms with E-state index in [0.29, 0.717) is 34.3 Å². The highest BCUT2D eigenvalue weighted by molar-refractivity contribution is 7.18. The molecular weight excluding hydrogens is 452 g/mol. The zero-order chi connectivity index (χ0) is 24.0. The maximum atomic E-state index is 12.9. The summed E-state index contributed by atoms with van der Waals surface area (Å²) < 4.78 is 10.9. The van der Waals surface area contributed by atoms with Crippen LogP contribution in [0.1, 0.15) is 58.9 Å². The van der Waals surface area contributed by atoms with E-state index in [4.69, 9.17) is 21.1 Å². The van der Waals surface area contributed by atoms with Gasteiger partial charge in [0, 0.05) is 18.1 Å². The first kappa shape index (κ1) is 25.7. The Morgan fingerprint density at radius 2 is 1.81 bits per heavy atom. The van der Waals surface area contributed by atoms with Gasteiger partial charge in [-0.15, -0.1) is 11.3 Å². The number of ether oxygens (including phenoxy) is 2. The topological polar surface area (TPSA) is 84.9 Å². The summed E-state index contributed by atoms with van der Waals surface area (Å²) in [6, 6.07) is 5.10. The Kier molecular flexibility index (Phi) is 9.09. The smallest absolute Gasteiger partial charge is 0.341 e. The number of rotatable bonds is 9. The number of benzene rings is 1. The van der Waals surface area contributed by atoms with E-state index in [0.717, 1.165) is 16.9 Å². The van der Waals surface area contributed by atoms with Gasteiger partial charge in [0.15, 0.2) is 6.61 Å². The molecule has 2 amide bonds. The Morgan fingerprint density at radius 3 is 2.38 bits per heavy atom. The summed E-state index contributed by atoms with van der Waals surface area (Å²) in [5.41, 5.74) is 1.48. The van der Waals surface area contributed by atoms with E-state index in [-0.39, 0.29) is 29.2 Å². The number of aryl methyl sites for hydroxylation is 1. The van der Waals surface area contributed by atoms with E-state index in [1.807, 2.05) is 20.8 Å². The van der Waals surface area contributed by atoms with Crippen molar-refractivity contribution in [1.29, 1.82) is 0 Å². The van der Waals surface area contributed by atoms with Gasteiger partial charge in [-0.3, -0.25) is 9.59 Å². The van der Waals surface area contributed by atoms with E-state index in [1.165, 1.54) is 0 Å². The Morgan fingerprint density at radius 1 is 1.16 bits per heavy atom. The number of esters is 1. The van der Waals surface area contributed by atoms with Crippen LogP contribution in [-0.2, 0) is 9.53 Å². The van der Waals surface area contributed by atoms with Gasteiger partial charge in [-0.1, -0.05) is 11.6 Å². The lowest BCUT2D eigenvalue weighted by Crippen LogP contribution is -2.30. The maximum absolute atomic E-state index is 12.9. The van der Waals surface area contributed by atoms with E-state index in [1.54, 1.807) is 43.9 Å². The SMILES string of the molecule is CCN(CC)C(=O)c1sc(NC(=O)COc2ccc(Cl)cc2C)c(C(=O)OC(C)C)c1C. The van der Waals surface area contributed by atoms with Crippen LogP contribution < -0.4 is 10.1 Å². The van der Waals surface area contributed by atoms with Crippen LogP contribution in [0.4, 0.5) is 5.00 Å². The summed E-state index contributed by atoms with van der Waals surface area (Å²) in [5.74, 6) is -0.702. The molecule has 2 rings (SSSR count). The van der Waals surface area contributed by atoms with Gasteiger partial charge in [-0.2, -0.15) is 0 Å². The maximum Gasteiger partial charge on any atom is 0.341 e. The molecule has 0 radical (unpaired) electrons. The summed E-state index contributed by atoms with van der Waals surface area (Å²) in [6.45, 7) is 11.6. The number of nitrogens with zero attached hydrogens (tertiary/aromatic N) is 1. The molecule has 0 aliphatic rings. The van der Waals surface area contributed by atoms with E-state index < -0.39 is 11.9 Å². The molecule has 0 aliphatic heterocycles. The molecule has 32 heavy (non-hydrogen) atoms. The van der Waals surface area contributed by atoms with Crippen LogP contribution in [0, 0.1) is 13.8 Å². The van der Waals surface area contributed by atoms with Crippen molar-refractivity contribution < 1.29 is 23.9 Å². The van der Waals surface area contributed by atoms with Gasteiger partial charge in [-0.05, 0) is 70.9 Å². The Hall–Kier alpha value is -2.58. The number of carbonyl (C=O) groups excluding carboxylic acids is 3. The van der Waals surface area contributed by atoms with Gasteiger partial charge in [0.05, 0.1) is 16.5 Å². The lowest BCUT2D eigenvalue weighted by atomic mass is 10.1. The molecule has 0 spiro atoms. The first-order chi connectivity index (χ1) is 15.1. The molecule has 1 aromatic carbocycles. The van der Waals surface area contributed by atoms with Crippen LogP contribution in [0.5, 0.6) is 5.75 Å². The predicted molar refractivity (Wildman–Crippen MR) is 127 cm³/mol. The third-order valence-electron chi connectivity index (χ3n) is 4.69. The van der Waals surface area contributed by atoms with Crippen molar-refractivity contribution in [2.24, 2.45) is 0 Å². The Bertz CT molecular complexity index is 999. The van der Waals surface area contributed by atoms with Crippen molar-refractivity contribution in [3.05, 3.63) is 44.8 Å². The lowest BCUT2D eigenvalue weighted by Gasteiger charge is -2.18. The van der Waals surface area contributed by atoms with Crippen LogP contribution in [-0.4, -0.2) is 48.5 Å². The number of amides is 2. The monoisotopic (exact) mass is 480 g/mol. The van der Waals surface area contributed by atoms with Crippen LogP contribution in [0.25, 0.3) is 0 Å². The van der Waals surface area contributed by atoms with E-state index in [2.05, 4.69) is 5.32 Å². The molecular formula is C23H29ClN2O5S. The molecule has 9 heteroatoms. The quantitative estimate of drug-likeness (QED) is 0.505. The number of hydrogen-bond donors (Lipinski definition) is 1. The largest absolute Gasteiger partial charge is 0.483 e. The minimum atomic E-state index is -0.586. The number of halogens is 1. The molecule has 1 heterocycles. The van der Waals surface area contributed by atoms with Crippen molar-refractivity contribution >= 4 is 45.7 Å². The van der Waals surface area contributed by atoms with Gasteiger partial charge >= 0.3 is 5.97 Å². The van der Waals surface area contributed by atoms with Gasteiger partial charge in [0.25, 0.3) is 11.8 Å². The lowest BCUT2D eigenvalue weighted by molar-refractivity contribution is -0.118. The van der Waals surface area contributed by atoms with Crippen molar-refractivity contribution in [1.82, 2.24) is 4.90 Å². The number of thiophene rings is 1. The standard InChI is InChI=1S/C23H29ClN2O5S/c1-7-26(8-2)22(28)20-15(6)19(23(29)31-13(3)4)21(32-20)25-18(27)12-30-17-10-9-16(24)11-14(17)5/h9-11,13H,7-8,12H2,1-6H3,(H,25,27). The highest BCUT2D eigenvalue weighted by Crippen LogP contribution is 2.35. The molecule has 0 saturated heterocycles. The van der Waals surface area contributed by atoms with Crippen molar-refractivity contribution in [2.45, 2.75) is 47.6 Å². The summed E-state index contributed by atoms with van der Waals surface area (Å²) in [4.78, 5) is 40.3. The van der Waals surface area contributed by atoms with Gasteiger partial charge < -0.3 is 19.7 Å². The molecule has 0 aliphatic carbocycles. The zero-order valence-corrected chi connectivity index (χ0v) is 20.8. The molecule has 0 unspecified atom stereocenters. The molecule has 1 aromatic heterocycles. The van der Waals surface area contributed by atoms with Crippen LogP contribution in [0.3, 0.4) is 0 Å². The first-order valence-electron chi connectivity index (χ1n) is 10.4. The predicted octanol–water partition coefficient (Wildman–Crippen LogP) is 5.08. The van der Waals surface area contributed by atoms with Crippen LogP contribution >= 0.6 is 22.9 Å². The Labute approximate surface area is 197 Å². The molecule has 0 fully saturated rings. The van der Waals surface area contributed by atoms with Gasteiger partial charge in [-0.25, -0.2) is 4.79 Å². The van der Waals surface area contributed by atoms with E-state index >= 15 is 0 Å². The summed E-state index contributed by atoms with van der Waals surface area (Å²) in [5, 5.41) is 3.56. The fourth-order valence-corrected chi connectivity index (χ4v) is 4.47. The normalized spacial score (nSPS) is 10.8. The van der Waals surface area contributed by atoms with Crippen molar-refractivity contribution in [3.8, 4) is 5.75 Å². The summed E-state index contributed by atoms with van der Waals surface area (Å²) in [7, 11) is 0. The molecule has 2 aromatic rings. The molecule has 0 saturated carbocycles. The Balaban J connectivity index is 2.29. The molecule has 174 valence electrons. The second-order valence-corrected chi connectivity index (χ2v) is 8.90. The zero-order valence-electron chi connectivity index (χ0n) is 19.2. The average Bonchev–Trinajstić information content (AvgIpc) is 3.03. The molecule has 0 atom stereocenters. The summed E-state index contributed by atoms with van der Waals surface area (Å²) >= 11 is 7.01. The average molecular weight is 481 g/mol. The molecule has 0 bridgehead atoms. The highest BCUT2D eigenvalue weighted by Gasteiger charge is 2.28. The third-order valence-corrected chi connectivity index (χ3v) is 6.12. The van der Waals surface area contributed by atoms with Crippen molar-refractivity contribution in [2.75, 3.05) is 25.0 Å². The van der Waals surface area contributed by atoms with Gasteiger partial charge in [0.1, 0.15) is 10.8 Å². The number of hydrogen-bond acceptors (Lipinski definition) is 6. The van der Waals surface area contributed by atoms with Crippen molar-refractivity contribution in [3.63, 3.8) is 0 Å². The van der Waals surface area contributed by atoms with E-state index in [9.17, 15) is 14.4 Å². The number of anilines is 1.